The zero-order chi connectivity index (χ0) is 16.7. The van der Waals surface area contributed by atoms with Gasteiger partial charge in [-0.1, -0.05) is 48.5 Å². The fourth-order valence-electron chi connectivity index (χ4n) is 2.44. The van der Waals surface area contributed by atoms with E-state index in [1.54, 1.807) is 11.9 Å². The van der Waals surface area contributed by atoms with Gasteiger partial charge in [0.15, 0.2) is 0 Å². The number of benzene rings is 2. The minimum absolute atomic E-state index is 0. The van der Waals surface area contributed by atoms with Crippen molar-refractivity contribution in [3.63, 3.8) is 0 Å². The number of hydrogen-bond donors (Lipinski definition) is 1. The average Bonchev–Trinajstić information content (AvgIpc) is 2.57. The van der Waals surface area contributed by atoms with Crippen LogP contribution in [0.5, 0.6) is 5.75 Å². The number of carbonyl (C=O) groups excluding carboxylic acids is 1. The molecule has 1 amide bonds. The van der Waals surface area contributed by atoms with Gasteiger partial charge >= 0.3 is 0 Å². The average molecular weight is 349 g/mol. The van der Waals surface area contributed by atoms with Gasteiger partial charge in [-0.2, -0.15) is 0 Å². The molecule has 1 unspecified atom stereocenters. The number of para-hydroxylation sites is 1. The fourth-order valence-corrected chi connectivity index (χ4v) is 2.44. The number of amides is 1. The first-order valence-corrected chi connectivity index (χ1v) is 7.87. The van der Waals surface area contributed by atoms with Gasteiger partial charge in [-0.3, -0.25) is 4.79 Å². The van der Waals surface area contributed by atoms with Crippen LogP contribution in [0, 0.1) is 0 Å². The third-order valence-corrected chi connectivity index (χ3v) is 3.73. The van der Waals surface area contributed by atoms with E-state index in [4.69, 9.17) is 10.5 Å². The Kier molecular flexibility index (Phi) is 8.30. The van der Waals surface area contributed by atoms with Gasteiger partial charge in [0.05, 0.1) is 6.61 Å². The molecule has 2 N–H and O–H groups in total. The molecule has 0 spiro atoms. The highest BCUT2D eigenvalue weighted by Crippen LogP contribution is 2.21. The van der Waals surface area contributed by atoms with Gasteiger partial charge in [-0.25, -0.2) is 0 Å². The summed E-state index contributed by atoms with van der Waals surface area (Å²) in [7, 11) is 1.79. The molecule has 0 aliphatic carbocycles. The summed E-state index contributed by atoms with van der Waals surface area (Å²) in [6.07, 6.45) is 0.289. The van der Waals surface area contributed by atoms with Crippen molar-refractivity contribution in [3.8, 4) is 5.75 Å². The Bertz CT molecular complexity index is 634. The predicted octanol–water partition coefficient (Wildman–Crippen LogP) is 3.56. The van der Waals surface area contributed by atoms with E-state index in [2.05, 4.69) is 0 Å². The summed E-state index contributed by atoms with van der Waals surface area (Å²) >= 11 is 0. The van der Waals surface area contributed by atoms with Crippen molar-refractivity contribution in [1.29, 1.82) is 0 Å². The van der Waals surface area contributed by atoms with Gasteiger partial charge in [-0.05, 0) is 18.6 Å². The zero-order valence-corrected chi connectivity index (χ0v) is 15.0. The molecule has 0 heterocycles. The van der Waals surface area contributed by atoms with Crippen molar-refractivity contribution in [3.05, 3.63) is 65.7 Å². The summed E-state index contributed by atoms with van der Waals surface area (Å²) in [4.78, 5) is 14.1. The van der Waals surface area contributed by atoms with Gasteiger partial charge in [0.1, 0.15) is 5.75 Å². The van der Waals surface area contributed by atoms with Crippen LogP contribution in [0.4, 0.5) is 0 Å². The van der Waals surface area contributed by atoms with Crippen LogP contribution in [0.3, 0.4) is 0 Å². The van der Waals surface area contributed by atoms with Gasteiger partial charge in [0.25, 0.3) is 0 Å². The number of hydrogen-bond acceptors (Lipinski definition) is 3. The lowest BCUT2D eigenvalue weighted by molar-refractivity contribution is -0.130. The molecule has 2 aromatic carbocycles. The summed E-state index contributed by atoms with van der Waals surface area (Å²) in [6, 6.07) is 17.2. The number of carbonyl (C=O) groups is 1. The molecule has 1 atom stereocenters. The van der Waals surface area contributed by atoms with Gasteiger partial charge in [-0.15, -0.1) is 12.4 Å². The molecule has 0 aliphatic rings. The standard InChI is InChI=1S/C19H24N2O2.ClH/c1-3-23-18-12-8-7-11-16(18)14-21(2)19(22)13-17(20)15-9-5-4-6-10-15;/h4-12,17H,3,13-14,20H2,1-2H3;1H. The number of halogens is 1. The summed E-state index contributed by atoms with van der Waals surface area (Å²) < 4.78 is 5.61. The molecule has 0 aliphatic heterocycles. The summed E-state index contributed by atoms with van der Waals surface area (Å²) in [5.41, 5.74) is 8.11. The molecule has 0 fully saturated rings. The number of nitrogens with zero attached hydrogens (tertiary/aromatic N) is 1. The van der Waals surface area contributed by atoms with Crippen LogP contribution in [0.15, 0.2) is 54.6 Å². The molecular formula is C19H25ClN2O2. The predicted molar refractivity (Wildman–Crippen MR) is 99.3 cm³/mol. The van der Waals surface area contributed by atoms with Crippen LogP contribution < -0.4 is 10.5 Å². The van der Waals surface area contributed by atoms with Crippen molar-refractivity contribution < 1.29 is 9.53 Å². The van der Waals surface area contributed by atoms with Crippen LogP contribution in [0.1, 0.15) is 30.5 Å². The molecule has 0 saturated heterocycles. The van der Waals surface area contributed by atoms with Gasteiger partial charge in [0, 0.05) is 31.6 Å². The van der Waals surface area contributed by atoms with E-state index in [1.165, 1.54) is 0 Å². The minimum atomic E-state index is -0.284. The van der Waals surface area contributed by atoms with E-state index < -0.39 is 0 Å². The Morgan fingerprint density at radius 1 is 1.12 bits per heavy atom. The maximum Gasteiger partial charge on any atom is 0.224 e. The number of ether oxygens (including phenoxy) is 1. The van der Waals surface area contributed by atoms with Gasteiger partial charge < -0.3 is 15.4 Å². The lowest BCUT2D eigenvalue weighted by Gasteiger charge is -2.21. The Morgan fingerprint density at radius 2 is 1.75 bits per heavy atom. The second kappa shape index (κ2) is 9.96. The van der Waals surface area contributed by atoms with Gasteiger partial charge in [0.2, 0.25) is 5.91 Å². The lowest BCUT2D eigenvalue weighted by atomic mass is 10.0. The van der Waals surface area contributed by atoms with Crippen LogP contribution in [-0.4, -0.2) is 24.5 Å². The normalized spacial score (nSPS) is 11.3. The topological polar surface area (TPSA) is 55.6 Å². The molecule has 5 heteroatoms. The molecule has 130 valence electrons. The highest BCUT2D eigenvalue weighted by atomic mass is 35.5. The van der Waals surface area contributed by atoms with Crippen molar-refractivity contribution >= 4 is 18.3 Å². The van der Waals surface area contributed by atoms with E-state index >= 15 is 0 Å². The van der Waals surface area contributed by atoms with Crippen LogP contribution in [0.25, 0.3) is 0 Å². The summed E-state index contributed by atoms with van der Waals surface area (Å²) in [6.45, 7) is 3.06. The largest absolute Gasteiger partial charge is 0.494 e. The maximum absolute atomic E-state index is 12.4. The first-order chi connectivity index (χ1) is 11.1. The van der Waals surface area contributed by atoms with E-state index in [1.807, 2.05) is 61.5 Å². The van der Waals surface area contributed by atoms with E-state index in [9.17, 15) is 4.79 Å². The van der Waals surface area contributed by atoms with Crippen molar-refractivity contribution in [2.24, 2.45) is 5.73 Å². The van der Waals surface area contributed by atoms with Crippen molar-refractivity contribution in [1.82, 2.24) is 4.90 Å². The molecular weight excluding hydrogens is 324 g/mol. The smallest absolute Gasteiger partial charge is 0.224 e. The molecule has 0 aromatic heterocycles. The third-order valence-electron chi connectivity index (χ3n) is 3.73. The molecule has 24 heavy (non-hydrogen) atoms. The second-order valence-corrected chi connectivity index (χ2v) is 5.51. The van der Waals surface area contributed by atoms with E-state index in [0.717, 1.165) is 16.9 Å². The molecule has 0 saturated carbocycles. The highest BCUT2D eigenvalue weighted by Gasteiger charge is 2.16. The SMILES string of the molecule is CCOc1ccccc1CN(C)C(=O)CC(N)c1ccccc1.Cl. The lowest BCUT2D eigenvalue weighted by Crippen LogP contribution is -2.29. The summed E-state index contributed by atoms with van der Waals surface area (Å²) in [5.74, 6) is 0.842. The maximum atomic E-state index is 12.4. The Morgan fingerprint density at radius 3 is 2.42 bits per heavy atom. The molecule has 2 rings (SSSR count). The molecule has 4 nitrogen and oxygen atoms in total. The van der Waals surface area contributed by atoms with Crippen LogP contribution in [0.2, 0.25) is 0 Å². The zero-order valence-electron chi connectivity index (χ0n) is 14.1. The fraction of sp³-hybridized carbons (Fsp3) is 0.316. The quantitative estimate of drug-likeness (QED) is 0.832. The Hall–Kier alpha value is -2.04. The number of rotatable bonds is 7. The number of nitrogens with two attached hydrogens (primary N) is 1. The Balaban J connectivity index is 0.00000288. The Labute approximate surface area is 150 Å². The molecule has 0 radical (unpaired) electrons. The van der Waals surface area contributed by atoms with Crippen LogP contribution >= 0.6 is 12.4 Å². The third kappa shape index (κ3) is 5.55. The molecule has 0 bridgehead atoms. The van der Waals surface area contributed by atoms with Crippen LogP contribution in [-0.2, 0) is 11.3 Å². The second-order valence-electron chi connectivity index (χ2n) is 5.51. The van der Waals surface area contributed by atoms with E-state index in [0.29, 0.717) is 13.2 Å². The first kappa shape index (κ1) is 20.0. The van der Waals surface area contributed by atoms with E-state index in [-0.39, 0.29) is 30.8 Å². The summed E-state index contributed by atoms with van der Waals surface area (Å²) in [5, 5.41) is 0. The minimum Gasteiger partial charge on any atom is -0.494 e. The molecule has 2 aromatic rings. The highest BCUT2D eigenvalue weighted by molar-refractivity contribution is 5.85. The first-order valence-electron chi connectivity index (χ1n) is 7.87. The van der Waals surface area contributed by atoms with Crippen molar-refractivity contribution in [2.75, 3.05) is 13.7 Å². The monoisotopic (exact) mass is 348 g/mol. The van der Waals surface area contributed by atoms with Crippen molar-refractivity contribution in [2.45, 2.75) is 25.9 Å².